The second kappa shape index (κ2) is 5.92. The van der Waals surface area contributed by atoms with Crippen LogP contribution in [0.3, 0.4) is 0 Å². The van der Waals surface area contributed by atoms with E-state index < -0.39 is 19.8 Å². The Morgan fingerprint density at radius 3 is 2.42 bits per heavy atom. The van der Waals surface area contributed by atoms with Crippen molar-refractivity contribution in [2.24, 2.45) is 22.7 Å². The molecule has 2 aliphatic carbocycles. The van der Waals surface area contributed by atoms with Crippen LogP contribution in [-0.2, 0) is 14.0 Å². The number of carbonyl (C=O) groups excluding carboxylic acids is 1. The lowest BCUT2D eigenvalue weighted by Crippen LogP contribution is -2.52. The molecule has 26 heavy (non-hydrogen) atoms. The molecule has 1 saturated heterocycles. The van der Waals surface area contributed by atoms with Gasteiger partial charge in [0.1, 0.15) is 12.0 Å². The Morgan fingerprint density at radius 1 is 1.31 bits per heavy atom. The summed E-state index contributed by atoms with van der Waals surface area (Å²) in [7, 11) is -1.85. The molecule has 2 saturated carbocycles. The van der Waals surface area contributed by atoms with Gasteiger partial charge in [-0.05, 0) is 54.8 Å². The quantitative estimate of drug-likeness (QED) is 0.441. The first-order valence-electron chi connectivity index (χ1n) is 9.98. The SMILES string of the molecule is C=C1COC(=O)[C@@]12C[C@@H]1C[C@@H](O[Si](C)(C)C(C)(C)C)C[C@@H](C)[C@]1(C)[C@H]2O. The Morgan fingerprint density at radius 2 is 1.92 bits per heavy atom. The second-order valence-electron chi connectivity index (χ2n) is 10.7. The highest BCUT2D eigenvalue weighted by Crippen LogP contribution is 2.65. The number of hydrogen-bond acceptors (Lipinski definition) is 4. The maximum absolute atomic E-state index is 12.6. The first-order chi connectivity index (χ1) is 11.8. The molecule has 1 N–H and O–H groups in total. The summed E-state index contributed by atoms with van der Waals surface area (Å²) in [4.78, 5) is 12.6. The van der Waals surface area contributed by atoms with Crippen molar-refractivity contribution in [3.8, 4) is 0 Å². The van der Waals surface area contributed by atoms with Crippen molar-refractivity contribution >= 4 is 14.3 Å². The normalized spacial score (nSPS) is 43.7. The van der Waals surface area contributed by atoms with Gasteiger partial charge >= 0.3 is 5.97 Å². The highest BCUT2D eigenvalue weighted by Gasteiger charge is 2.69. The van der Waals surface area contributed by atoms with Crippen LogP contribution in [0.4, 0.5) is 0 Å². The number of cyclic esters (lactones) is 1. The summed E-state index contributed by atoms with van der Waals surface area (Å²) in [5.41, 5.74) is -0.446. The van der Waals surface area contributed by atoms with Gasteiger partial charge in [-0.3, -0.25) is 4.79 Å². The van der Waals surface area contributed by atoms with Gasteiger partial charge < -0.3 is 14.3 Å². The third-order valence-electron chi connectivity index (χ3n) is 8.37. The topological polar surface area (TPSA) is 55.8 Å². The predicted octanol–water partition coefficient (Wildman–Crippen LogP) is 4.29. The standard InChI is InChI=1S/C21H36O4Si/c1-13-9-16(25-26(7,8)19(3,4)5)10-15-11-21(17(22)20(13,15)6)14(2)12-24-18(21)23/h13,15-17,22H,2,9-12H2,1,3-8H3/t13-,15+,16+,17-,20+,21+/m1/s1. The smallest absolute Gasteiger partial charge is 0.319 e. The average Bonchev–Trinajstić information content (AvgIpc) is 2.91. The molecule has 0 radical (unpaired) electrons. The monoisotopic (exact) mass is 380 g/mol. The molecule has 3 aliphatic rings. The lowest BCUT2D eigenvalue weighted by atomic mass is 9.61. The molecule has 0 bridgehead atoms. The third-order valence-corrected chi connectivity index (χ3v) is 12.9. The molecule has 3 rings (SSSR count). The van der Waals surface area contributed by atoms with E-state index in [0.717, 1.165) is 18.4 Å². The number of aliphatic hydroxyl groups is 1. The fraction of sp³-hybridized carbons (Fsp3) is 0.857. The molecule has 1 aliphatic heterocycles. The van der Waals surface area contributed by atoms with Crippen LogP contribution in [0.25, 0.3) is 0 Å². The van der Waals surface area contributed by atoms with Crippen LogP contribution in [0.2, 0.25) is 18.1 Å². The van der Waals surface area contributed by atoms with Crippen molar-refractivity contribution in [2.75, 3.05) is 6.61 Å². The molecule has 148 valence electrons. The minimum atomic E-state index is -1.85. The lowest BCUT2D eigenvalue weighted by molar-refractivity contribution is -0.153. The molecular weight excluding hydrogens is 344 g/mol. The Balaban J connectivity index is 1.87. The van der Waals surface area contributed by atoms with Crippen LogP contribution in [-0.4, -0.2) is 38.2 Å². The fourth-order valence-corrected chi connectivity index (χ4v) is 6.70. The molecule has 4 nitrogen and oxygen atoms in total. The highest BCUT2D eigenvalue weighted by atomic mass is 28.4. The molecule has 0 unspecified atom stereocenters. The van der Waals surface area contributed by atoms with Crippen LogP contribution >= 0.6 is 0 Å². The number of rotatable bonds is 2. The van der Waals surface area contributed by atoms with Crippen LogP contribution < -0.4 is 0 Å². The maximum Gasteiger partial charge on any atom is 0.319 e. The van der Waals surface area contributed by atoms with E-state index in [1.165, 1.54) is 0 Å². The van der Waals surface area contributed by atoms with E-state index in [4.69, 9.17) is 9.16 Å². The van der Waals surface area contributed by atoms with E-state index in [-0.39, 0.29) is 41.0 Å². The van der Waals surface area contributed by atoms with Gasteiger partial charge in [0, 0.05) is 11.5 Å². The largest absolute Gasteiger partial charge is 0.460 e. The van der Waals surface area contributed by atoms with Crippen molar-refractivity contribution in [1.29, 1.82) is 0 Å². The molecule has 0 aromatic carbocycles. The van der Waals surface area contributed by atoms with Crippen LogP contribution in [0.1, 0.15) is 53.9 Å². The zero-order valence-corrected chi connectivity index (χ0v) is 18.5. The average molecular weight is 381 g/mol. The van der Waals surface area contributed by atoms with Crippen LogP contribution in [0, 0.1) is 22.7 Å². The zero-order valence-electron chi connectivity index (χ0n) is 17.5. The van der Waals surface area contributed by atoms with Gasteiger partial charge in [-0.25, -0.2) is 0 Å². The Hall–Kier alpha value is -0.653. The van der Waals surface area contributed by atoms with E-state index >= 15 is 0 Å². The molecule has 5 heteroatoms. The molecule has 1 heterocycles. The van der Waals surface area contributed by atoms with Gasteiger partial charge in [0.05, 0.1) is 6.10 Å². The van der Waals surface area contributed by atoms with E-state index in [9.17, 15) is 9.90 Å². The molecular formula is C21H36O4Si. The maximum atomic E-state index is 12.6. The van der Waals surface area contributed by atoms with Gasteiger partial charge in [-0.2, -0.15) is 0 Å². The summed E-state index contributed by atoms with van der Waals surface area (Å²) in [5.74, 6) is 0.254. The predicted molar refractivity (Wildman–Crippen MR) is 105 cm³/mol. The number of fused-ring (bicyclic) bond motifs is 1. The summed E-state index contributed by atoms with van der Waals surface area (Å²) in [6.45, 7) is 20.1. The summed E-state index contributed by atoms with van der Waals surface area (Å²) in [5, 5.41) is 11.5. The summed E-state index contributed by atoms with van der Waals surface area (Å²) >= 11 is 0. The first kappa shape index (κ1) is 20.1. The van der Waals surface area contributed by atoms with Gasteiger partial charge in [0.25, 0.3) is 0 Å². The molecule has 0 aromatic heterocycles. The minimum absolute atomic E-state index is 0.178. The summed E-state index contributed by atoms with van der Waals surface area (Å²) < 4.78 is 12.0. The second-order valence-corrected chi connectivity index (χ2v) is 15.4. The number of carbonyl (C=O) groups is 1. The summed E-state index contributed by atoms with van der Waals surface area (Å²) in [6.07, 6.45) is 1.98. The van der Waals surface area contributed by atoms with Crippen molar-refractivity contribution < 1.29 is 19.1 Å². The number of aliphatic hydroxyl groups excluding tert-OH is 1. The Kier molecular flexibility index (Phi) is 4.57. The number of esters is 1. The van der Waals surface area contributed by atoms with E-state index in [0.29, 0.717) is 6.42 Å². The van der Waals surface area contributed by atoms with Crippen LogP contribution in [0.15, 0.2) is 12.2 Å². The van der Waals surface area contributed by atoms with Crippen molar-refractivity contribution in [3.63, 3.8) is 0 Å². The molecule has 6 atom stereocenters. The third kappa shape index (κ3) is 2.57. The lowest BCUT2D eigenvalue weighted by Gasteiger charge is -2.49. The number of ether oxygens (including phenoxy) is 1. The molecule has 1 spiro atoms. The van der Waals surface area contributed by atoms with Gasteiger partial charge in [-0.1, -0.05) is 41.2 Å². The van der Waals surface area contributed by atoms with Crippen molar-refractivity contribution in [1.82, 2.24) is 0 Å². The molecule has 3 fully saturated rings. The van der Waals surface area contributed by atoms with Crippen LogP contribution in [0.5, 0.6) is 0 Å². The Labute approximate surface area is 159 Å². The van der Waals surface area contributed by atoms with Gasteiger partial charge in [0.15, 0.2) is 8.32 Å². The van der Waals surface area contributed by atoms with Gasteiger partial charge in [-0.15, -0.1) is 0 Å². The summed E-state index contributed by atoms with van der Waals surface area (Å²) in [6, 6.07) is 0. The molecule has 0 aromatic rings. The van der Waals surface area contributed by atoms with E-state index in [1.54, 1.807) is 0 Å². The number of hydrogen-bond donors (Lipinski definition) is 1. The highest BCUT2D eigenvalue weighted by molar-refractivity contribution is 6.74. The van der Waals surface area contributed by atoms with Crippen molar-refractivity contribution in [2.45, 2.75) is 84.2 Å². The zero-order chi connectivity index (χ0) is 19.7. The minimum Gasteiger partial charge on any atom is -0.460 e. The first-order valence-corrected chi connectivity index (χ1v) is 12.9. The Bertz CT molecular complexity index is 604. The van der Waals surface area contributed by atoms with E-state index in [1.807, 2.05) is 0 Å². The van der Waals surface area contributed by atoms with Gasteiger partial charge in [0.2, 0.25) is 0 Å². The fourth-order valence-electron chi connectivity index (χ4n) is 5.32. The van der Waals surface area contributed by atoms with E-state index in [2.05, 4.69) is 54.3 Å². The van der Waals surface area contributed by atoms with Crippen molar-refractivity contribution in [3.05, 3.63) is 12.2 Å². The molecule has 0 amide bonds.